The van der Waals surface area contributed by atoms with Crippen LogP contribution in [0.15, 0.2) is 24.3 Å². The van der Waals surface area contributed by atoms with E-state index in [9.17, 15) is 14.0 Å². The van der Waals surface area contributed by atoms with Gasteiger partial charge in [0.2, 0.25) is 5.91 Å². The standard InChI is InChI=1S/C20H30FN3O3.ClH/c1-14(2)17(24-18(25)15-4-6-16(21)7-5-15)19(26)23-12-20(13-27-3)8-10-22-11-9-20;/h4-7,14,17,22H,8-13H2,1-3H3,(H,23,26)(H,24,25);1H. The SMILES string of the molecule is COCC1(CNC(=O)C(NC(=O)c2ccc(F)cc2)C(C)C)CCNCC1.Cl. The summed E-state index contributed by atoms with van der Waals surface area (Å²) in [7, 11) is 1.67. The number of piperidine rings is 1. The zero-order chi connectivity index (χ0) is 19.9. The van der Waals surface area contributed by atoms with Crippen LogP contribution in [0.25, 0.3) is 0 Å². The average molecular weight is 416 g/mol. The van der Waals surface area contributed by atoms with Crippen LogP contribution in [-0.4, -0.2) is 51.2 Å². The van der Waals surface area contributed by atoms with E-state index in [1.807, 2.05) is 13.8 Å². The van der Waals surface area contributed by atoms with E-state index in [2.05, 4.69) is 16.0 Å². The van der Waals surface area contributed by atoms with Crippen molar-refractivity contribution in [1.82, 2.24) is 16.0 Å². The van der Waals surface area contributed by atoms with Gasteiger partial charge in [-0.25, -0.2) is 4.39 Å². The molecule has 0 aromatic heterocycles. The number of halogens is 2. The lowest BCUT2D eigenvalue weighted by atomic mass is 9.79. The highest BCUT2D eigenvalue weighted by atomic mass is 35.5. The van der Waals surface area contributed by atoms with E-state index in [1.54, 1.807) is 7.11 Å². The third-order valence-corrected chi connectivity index (χ3v) is 5.09. The van der Waals surface area contributed by atoms with Gasteiger partial charge in [-0.3, -0.25) is 9.59 Å². The van der Waals surface area contributed by atoms with Crippen LogP contribution in [-0.2, 0) is 9.53 Å². The maximum Gasteiger partial charge on any atom is 0.251 e. The number of benzene rings is 1. The molecule has 0 saturated carbocycles. The summed E-state index contributed by atoms with van der Waals surface area (Å²) in [6.45, 7) is 6.65. The molecule has 1 aromatic carbocycles. The summed E-state index contributed by atoms with van der Waals surface area (Å²) in [4.78, 5) is 25.2. The second-order valence-electron chi connectivity index (χ2n) is 7.60. The molecule has 1 fully saturated rings. The number of methoxy groups -OCH3 is 1. The van der Waals surface area contributed by atoms with Gasteiger partial charge in [0.15, 0.2) is 0 Å². The molecule has 1 saturated heterocycles. The quantitative estimate of drug-likeness (QED) is 0.607. The van der Waals surface area contributed by atoms with Crippen molar-refractivity contribution in [2.24, 2.45) is 11.3 Å². The molecular weight excluding hydrogens is 385 g/mol. The summed E-state index contributed by atoms with van der Waals surface area (Å²) in [5.74, 6) is -1.09. The maximum absolute atomic E-state index is 13.0. The fourth-order valence-electron chi connectivity index (χ4n) is 3.38. The third kappa shape index (κ3) is 6.72. The Morgan fingerprint density at radius 3 is 2.36 bits per heavy atom. The Morgan fingerprint density at radius 1 is 1.21 bits per heavy atom. The molecule has 2 rings (SSSR count). The summed E-state index contributed by atoms with van der Waals surface area (Å²) in [6.07, 6.45) is 1.85. The fraction of sp³-hybridized carbons (Fsp3) is 0.600. The molecule has 1 aliphatic heterocycles. The predicted molar refractivity (Wildman–Crippen MR) is 109 cm³/mol. The van der Waals surface area contributed by atoms with E-state index in [0.29, 0.717) is 18.7 Å². The Hall–Kier alpha value is -1.70. The normalized spacial score (nSPS) is 16.8. The number of amides is 2. The molecule has 1 unspecified atom stereocenters. The first-order chi connectivity index (χ1) is 12.9. The Bertz CT molecular complexity index is 629. The molecule has 0 bridgehead atoms. The lowest BCUT2D eigenvalue weighted by Gasteiger charge is -2.37. The number of hydrogen-bond acceptors (Lipinski definition) is 4. The van der Waals surface area contributed by atoms with Crippen molar-refractivity contribution in [1.29, 1.82) is 0 Å². The van der Waals surface area contributed by atoms with Gasteiger partial charge in [0, 0.05) is 24.6 Å². The predicted octanol–water partition coefficient (Wildman–Crippen LogP) is 2.13. The topological polar surface area (TPSA) is 79.5 Å². The van der Waals surface area contributed by atoms with Gasteiger partial charge in [0.25, 0.3) is 5.91 Å². The molecule has 8 heteroatoms. The summed E-state index contributed by atoms with van der Waals surface area (Å²) < 4.78 is 18.4. The van der Waals surface area contributed by atoms with Crippen LogP contribution in [0.2, 0.25) is 0 Å². The molecule has 158 valence electrons. The molecule has 1 aliphatic rings. The molecular formula is C20H31ClFN3O3. The van der Waals surface area contributed by atoms with Gasteiger partial charge in [0.05, 0.1) is 6.61 Å². The highest BCUT2D eigenvalue weighted by Crippen LogP contribution is 2.28. The second-order valence-corrected chi connectivity index (χ2v) is 7.60. The van der Waals surface area contributed by atoms with Gasteiger partial charge >= 0.3 is 0 Å². The monoisotopic (exact) mass is 415 g/mol. The highest BCUT2D eigenvalue weighted by molar-refractivity contribution is 5.97. The molecule has 28 heavy (non-hydrogen) atoms. The van der Waals surface area contributed by atoms with Crippen LogP contribution in [0.5, 0.6) is 0 Å². The molecule has 6 nitrogen and oxygen atoms in total. The Balaban J connectivity index is 0.00000392. The number of ether oxygens (including phenoxy) is 1. The summed E-state index contributed by atoms with van der Waals surface area (Å²) in [5.41, 5.74) is 0.238. The van der Waals surface area contributed by atoms with Crippen LogP contribution >= 0.6 is 12.4 Å². The maximum atomic E-state index is 13.0. The third-order valence-electron chi connectivity index (χ3n) is 5.09. The lowest BCUT2D eigenvalue weighted by Crippen LogP contribution is -2.53. The Kier molecular flexibility index (Phi) is 9.85. The zero-order valence-corrected chi connectivity index (χ0v) is 17.5. The molecule has 0 radical (unpaired) electrons. The van der Waals surface area contributed by atoms with E-state index in [-0.39, 0.29) is 29.6 Å². The lowest BCUT2D eigenvalue weighted by molar-refractivity contribution is -0.124. The second kappa shape index (κ2) is 11.3. The number of carbonyl (C=O) groups is 2. The van der Waals surface area contributed by atoms with Gasteiger partial charge in [-0.05, 0) is 56.1 Å². The Labute approximate surface area is 172 Å². The smallest absolute Gasteiger partial charge is 0.251 e. The van der Waals surface area contributed by atoms with Crippen molar-refractivity contribution in [2.75, 3.05) is 33.4 Å². The summed E-state index contributed by atoms with van der Waals surface area (Å²) in [5, 5.41) is 9.09. The largest absolute Gasteiger partial charge is 0.384 e. The molecule has 0 spiro atoms. The van der Waals surface area contributed by atoms with Gasteiger partial charge < -0.3 is 20.7 Å². The van der Waals surface area contributed by atoms with E-state index in [1.165, 1.54) is 24.3 Å². The van der Waals surface area contributed by atoms with Crippen molar-refractivity contribution < 1.29 is 18.7 Å². The molecule has 1 atom stereocenters. The average Bonchev–Trinajstić information content (AvgIpc) is 2.65. The van der Waals surface area contributed by atoms with Crippen molar-refractivity contribution in [3.63, 3.8) is 0 Å². The summed E-state index contributed by atoms with van der Waals surface area (Å²) >= 11 is 0. The zero-order valence-electron chi connectivity index (χ0n) is 16.7. The molecule has 1 heterocycles. The minimum Gasteiger partial charge on any atom is -0.384 e. The number of nitrogens with one attached hydrogen (secondary N) is 3. The van der Waals surface area contributed by atoms with E-state index >= 15 is 0 Å². The number of carbonyl (C=O) groups excluding carboxylic acids is 2. The van der Waals surface area contributed by atoms with Crippen LogP contribution in [0.4, 0.5) is 4.39 Å². The summed E-state index contributed by atoms with van der Waals surface area (Å²) in [6, 6.07) is 4.60. The first-order valence-corrected chi connectivity index (χ1v) is 9.41. The first kappa shape index (κ1) is 24.3. The van der Waals surface area contributed by atoms with Crippen molar-refractivity contribution in [3.05, 3.63) is 35.6 Å². The number of rotatable bonds is 8. The molecule has 3 N–H and O–H groups in total. The molecule has 2 amide bonds. The Morgan fingerprint density at radius 2 is 1.82 bits per heavy atom. The minimum atomic E-state index is -0.663. The van der Waals surface area contributed by atoms with E-state index in [0.717, 1.165) is 25.9 Å². The van der Waals surface area contributed by atoms with E-state index in [4.69, 9.17) is 4.74 Å². The van der Waals surface area contributed by atoms with Gasteiger partial charge in [-0.2, -0.15) is 0 Å². The number of hydrogen-bond donors (Lipinski definition) is 3. The first-order valence-electron chi connectivity index (χ1n) is 9.41. The highest BCUT2D eigenvalue weighted by Gasteiger charge is 2.34. The van der Waals surface area contributed by atoms with Crippen LogP contribution < -0.4 is 16.0 Å². The van der Waals surface area contributed by atoms with Crippen LogP contribution in [0, 0.1) is 17.2 Å². The van der Waals surface area contributed by atoms with Crippen LogP contribution in [0.3, 0.4) is 0 Å². The molecule has 0 aliphatic carbocycles. The minimum absolute atomic E-state index is 0. The van der Waals surface area contributed by atoms with Crippen LogP contribution in [0.1, 0.15) is 37.0 Å². The van der Waals surface area contributed by atoms with Gasteiger partial charge in [-0.15, -0.1) is 12.4 Å². The fourth-order valence-corrected chi connectivity index (χ4v) is 3.38. The van der Waals surface area contributed by atoms with E-state index < -0.39 is 17.8 Å². The van der Waals surface area contributed by atoms with Crippen molar-refractivity contribution in [2.45, 2.75) is 32.7 Å². The van der Waals surface area contributed by atoms with Gasteiger partial charge in [0.1, 0.15) is 11.9 Å². The van der Waals surface area contributed by atoms with Crippen molar-refractivity contribution in [3.8, 4) is 0 Å². The van der Waals surface area contributed by atoms with Crippen molar-refractivity contribution >= 4 is 24.2 Å². The van der Waals surface area contributed by atoms with Gasteiger partial charge in [-0.1, -0.05) is 13.8 Å². The molecule has 1 aromatic rings.